The minimum atomic E-state index is -0.804. The molecule has 7 heteroatoms. The minimum absolute atomic E-state index is 0.00826. The maximum Gasteiger partial charge on any atom is 0.300 e. The van der Waals surface area contributed by atoms with Gasteiger partial charge in [-0.1, -0.05) is 24.3 Å². The van der Waals surface area contributed by atoms with E-state index < -0.39 is 17.7 Å². The second kappa shape index (κ2) is 8.12. The van der Waals surface area contributed by atoms with Gasteiger partial charge in [0.25, 0.3) is 11.7 Å². The summed E-state index contributed by atoms with van der Waals surface area (Å²) in [6.07, 6.45) is 3.20. The van der Waals surface area contributed by atoms with E-state index in [9.17, 15) is 14.7 Å². The molecule has 1 aliphatic heterocycles. The summed E-state index contributed by atoms with van der Waals surface area (Å²) in [5.74, 6) is -1.13. The lowest BCUT2D eigenvalue weighted by Crippen LogP contribution is -2.29. The SMILES string of the molecule is COc1ccc(/C(O)=C2/C(=O)C(=O)N(c3ccccc3)C2c2cccnc2)cc1Br. The predicted octanol–water partition coefficient (Wildman–Crippen LogP) is 4.48. The lowest BCUT2D eigenvalue weighted by atomic mass is 9.96. The van der Waals surface area contributed by atoms with Crippen LogP contribution >= 0.6 is 15.9 Å². The zero-order chi connectivity index (χ0) is 21.3. The predicted molar refractivity (Wildman–Crippen MR) is 116 cm³/mol. The van der Waals surface area contributed by atoms with E-state index in [1.54, 1.807) is 67.0 Å². The Morgan fingerprint density at radius 3 is 2.50 bits per heavy atom. The van der Waals surface area contributed by atoms with Crippen LogP contribution in [0.1, 0.15) is 17.2 Å². The number of aromatic nitrogens is 1. The van der Waals surface area contributed by atoms with Crippen LogP contribution in [0.4, 0.5) is 5.69 Å². The van der Waals surface area contributed by atoms with Crippen LogP contribution in [0.3, 0.4) is 0 Å². The van der Waals surface area contributed by atoms with Crippen molar-refractivity contribution in [2.24, 2.45) is 0 Å². The van der Waals surface area contributed by atoms with Crippen molar-refractivity contribution in [3.05, 3.63) is 94.2 Å². The first-order valence-corrected chi connectivity index (χ1v) is 9.92. The molecule has 150 valence electrons. The van der Waals surface area contributed by atoms with Crippen LogP contribution in [-0.4, -0.2) is 28.9 Å². The molecule has 4 rings (SSSR count). The third-order valence-electron chi connectivity index (χ3n) is 4.90. The first-order chi connectivity index (χ1) is 14.5. The maximum atomic E-state index is 13.0. The molecule has 1 saturated heterocycles. The number of nitrogens with zero attached hydrogens (tertiary/aromatic N) is 2. The van der Waals surface area contributed by atoms with Gasteiger partial charge in [0, 0.05) is 23.6 Å². The Bertz CT molecular complexity index is 1150. The number of ketones is 1. The molecule has 6 nitrogen and oxygen atoms in total. The fraction of sp³-hybridized carbons (Fsp3) is 0.0870. The smallest absolute Gasteiger partial charge is 0.300 e. The summed E-state index contributed by atoms with van der Waals surface area (Å²) in [6.45, 7) is 0. The number of carbonyl (C=O) groups is 2. The molecule has 1 fully saturated rings. The molecule has 0 saturated carbocycles. The average Bonchev–Trinajstić information content (AvgIpc) is 3.05. The van der Waals surface area contributed by atoms with Crippen molar-refractivity contribution in [2.45, 2.75) is 6.04 Å². The molecule has 1 aliphatic rings. The normalized spacial score (nSPS) is 17.9. The van der Waals surface area contributed by atoms with Crippen LogP contribution in [0.15, 0.2) is 83.1 Å². The van der Waals surface area contributed by atoms with E-state index in [1.807, 2.05) is 6.07 Å². The third-order valence-corrected chi connectivity index (χ3v) is 5.52. The number of hydrogen-bond donors (Lipinski definition) is 1. The van der Waals surface area contributed by atoms with E-state index in [0.29, 0.717) is 27.0 Å². The summed E-state index contributed by atoms with van der Waals surface area (Å²) in [7, 11) is 1.54. The van der Waals surface area contributed by atoms with Crippen molar-refractivity contribution >= 4 is 39.1 Å². The van der Waals surface area contributed by atoms with E-state index in [1.165, 1.54) is 12.0 Å². The van der Waals surface area contributed by atoms with Crippen LogP contribution in [0.25, 0.3) is 5.76 Å². The van der Waals surface area contributed by atoms with E-state index in [4.69, 9.17) is 4.74 Å². The third kappa shape index (κ3) is 3.37. The molecule has 0 aliphatic carbocycles. The highest BCUT2D eigenvalue weighted by Crippen LogP contribution is 2.42. The zero-order valence-corrected chi connectivity index (χ0v) is 17.5. The number of aliphatic hydroxyl groups is 1. The lowest BCUT2D eigenvalue weighted by molar-refractivity contribution is -0.132. The maximum absolute atomic E-state index is 13.0. The number of pyridine rings is 1. The highest BCUT2D eigenvalue weighted by atomic mass is 79.9. The van der Waals surface area contributed by atoms with Crippen molar-refractivity contribution in [3.63, 3.8) is 0 Å². The molecule has 30 heavy (non-hydrogen) atoms. The zero-order valence-electron chi connectivity index (χ0n) is 15.9. The number of amides is 1. The molecule has 1 aromatic heterocycles. The standard InChI is InChI=1S/C23H17BrN2O4/c1-30-18-10-9-14(12-17(18)24)21(27)19-20(15-6-5-11-25-13-15)26(23(29)22(19)28)16-7-3-2-4-8-16/h2-13,20,27H,1H3/b21-19-. The number of halogens is 1. The summed E-state index contributed by atoms with van der Waals surface area (Å²) in [5, 5.41) is 11.1. The molecule has 2 aromatic carbocycles. The van der Waals surface area contributed by atoms with Crippen molar-refractivity contribution in [3.8, 4) is 5.75 Å². The minimum Gasteiger partial charge on any atom is -0.507 e. The Balaban J connectivity index is 1.93. The quantitative estimate of drug-likeness (QED) is 0.349. The van der Waals surface area contributed by atoms with Gasteiger partial charge in [-0.05, 0) is 57.9 Å². The molecule has 2 heterocycles. The second-order valence-corrected chi connectivity index (χ2v) is 7.49. The number of benzene rings is 2. The molecule has 1 amide bonds. The van der Waals surface area contributed by atoms with E-state index >= 15 is 0 Å². The van der Waals surface area contributed by atoms with Crippen molar-refractivity contribution < 1.29 is 19.4 Å². The fourth-order valence-electron chi connectivity index (χ4n) is 3.51. The van der Waals surface area contributed by atoms with E-state index in [0.717, 1.165) is 0 Å². The highest BCUT2D eigenvalue weighted by molar-refractivity contribution is 9.10. The average molecular weight is 465 g/mol. The number of rotatable bonds is 4. The molecule has 0 spiro atoms. The number of aliphatic hydroxyl groups excluding tert-OH is 1. The van der Waals surface area contributed by atoms with Gasteiger partial charge in [-0.3, -0.25) is 19.5 Å². The van der Waals surface area contributed by atoms with Gasteiger partial charge in [-0.2, -0.15) is 0 Å². The molecular formula is C23H17BrN2O4. The molecule has 3 aromatic rings. The Morgan fingerprint density at radius 2 is 1.87 bits per heavy atom. The van der Waals surface area contributed by atoms with Crippen LogP contribution < -0.4 is 9.64 Å². The van der Waals surface area contributed by atoms with Crippen LogP contribution in [0.2, 0.25) is 0 Å². The summed E-state index contributed by atoms with van der Waals surface area (Å²) in [6, 6.07) is 16.5. The van der Waals surface area contributed by atoms with Gasteiger partial charge in [0.2, 0.25) is 0 Å². The van der Waals surface area contributed by atoms with Gasteiger partial charge >= 0.3 is 0 Å². The van der Waals surface area contributed by atoms with Gasteiger partial charge in [0.15, 0.2) is 0 Å². The Kier molecular flexibility index (Phi) is 5.37. The van der Waals surface area contributed by atoms with Gasteiger partial charge in [0.05, 0.1) is 23.2 Å². The summed E-state index contributed by atoms with van der Waals surface area (Å²) >= 11 is 3.39. The number of methoxy groups -OCH3 is 1. The monoisotopic (exact) mass is 464 g/mol. The van der Waals surface area contributed by atoms with Gasteiger partial charge in [-0.15, -0.1) is 0 Å². The summed E-state index contributed by atoms with van der Waals surface area (Å²) < 4.78 is 5.84. The number of ether oxygens (including phenoxy) is 1. The first kappa shape index (κ1) is 19.8. The largest absolute Gasteiger partial charge is 0.507 e. The molecule has 1 N–H and O–H groups in total. The van der Waals surface area contributed by atoms with Crippen molar-refractivity contribution in [1.82, 2.24) is 4.98 Å². The van der Waals surface area contributed by atoms with Gasteiger partial charge in [0.1, 0.15) is 11.5 Å². The van der Waals surface area contributed by atoms with Crippen LogP contribution in [0, 0.1) is 0 Å². The summed E-state index contributed by atoms with van der Waals surface area (Å²) in [5.41, 5.74) is 1.58. The van der Waals surface area contributed by atoms with Crippen molar-refractivity contribution in [2.75, 3.05) is 12.0 Å². The first-order valence-electron chi connectivity index (χ1n) is 9.13. The Morgan fingerprint density at radius 1 is 1.10 bits per heavy atom. The van der Waals surface area contributed by atoms with Gasteiger partial charge < -0.3 is 9.84 Å². The topological polar surface area (TPSA) is 79.7 Å². The second-order valence-electron chi connectivity index (χ2n) is 6.64. The number of Topliss-reactive ketones (excluding diaryl/α,β-unsaturated/α-hetero) is 1. The van der Waals surface area contributed by atoms with Crippen LogP contribution in [-0.2, 0) is 9.59 Å². The van der Waals surface area contributed by atoms with Crippen molar-refractivity contribution in [1.29, 1.82) is 0 Å². The van der Waals surface area contributed by atoms with Crippen LogP contribution in [0.5, 0.6) is 5.75 Å². The molecule has 1 atom stereocenters. The number of carbonyl (C=O) groups excluding carboxylic acids is 2. The number of para-hydroxylation sites is 1. The lowest BCUT2D eigenvalue weighted by Gasteiger charge is -2.25. The number of hydrogen-bond acceptors (Lipinski definition) is 5. The number of anilines is 1. The van der Waals surface area contributed by atoms with Gasteiger partial charge in [-0.25, -0.2) is 0 Å². The Hall–Kier alpha value is -3.45. The van der Waals surface area contributed by atoms with E-state index in [-0.39, 0.29) is 11.3 Å². The fourth-order valence-corrected chi connectivity index (χ4v) is 4.05. The molecular weight excluding hydrogens is 448 g/mol. The Labute approximate surface area is 181 Å². The summed E-state index contributed by atoms with van der Waals surface area (Å²) in [4.78, 5) is 31.5. The molecule has 0 radical (unpaired) electrons. The molecule has 1 unspecified atom stereocenters. The molecule has 0 bridgehead atoms. The van der Waals surface area contributed by atoms with E-state index in [2.05, 4.69) is 20.9 Å². The highest BCUT2D eigenvalue weighted by Gasteiger charge is 2.47.